The van der Waals surface area contributed by atoms with E-state index in [2.05, 4.69) is 4.98 Å². The van der Waals surface area contributed by atoms with Gasteiger partial charge >= 0.3 is 0 Å². The average Bonchev–Trinajstić information content (AvgIpc) is 1.97. The molecule has 0 spiro atoms. The van der Waals surface area contributed by atoms with Gasteiger partial charge in [0.25, 0.3) is 5.95 Å². The van der Waals surface area contributed by atoms with E-state index in [1.165, 1.54) is 6.92 Å². The van der Waals surface area contributed by atoms with Gasteiger partial charge in [-0.3, -0.25) is 0 Å². The van der Waals surface area contributed by atoms with Gasteiger partial charge in [0.2, 0.25) is 0 Å². The number of hydrogen-bond donors (Lipinski definition) is 0. The van der Waals surface area contributed by atoms with Crippen LogP contribution in [0.15, 0.2) is 0 Å². The molecular weight excluding hydrogens is 179 g/mol. The van der Waals surface area contributed by atoms with Crippen LogP contribution in [0.2, 0.25) is 5.02 Å². The lowest BCUT2D eigenvalue weighted by atomic mass is 10.3. The quantitative estimate of drug-likeness (QED) is 0.561. The average molecular weight is 182 g/mol. The maximum absolute atomic E-state index is 12.6. The van der Waals surface area contributed by atoms with E-state index in [9.17, 15) is 13.2 Å². The lowest BCUT2D eigenvalue weighted by Gasteiger charge is -1.99. The van der Waals surface area contributed by atoms with Crippen molar-refractivity contribution in [3.05, 3.63) is 28.3 Å². The third-order valence-electron chi connectivity index (χ3n) is 1.15. The van der Waals surface area contributed by atoms with E-state index in [1.807, 2.05) is 0 Å². The Morgan fingerprint density at radius 1 is 1.18 bits per heavy atom. The summed E-state index contributed by atoms with van der Waals surface area (Å²) >= 11 is 5.06. The largest absolute Gasteiger partial charge is 0.250 e. The highest BCUT2D eigenvalue weighted by Gasteiger charge is 2.15. The van der Waals surface area contributed by atoms with Crippen LogP contribution in [0.3, 0.4) is 0 Å². The maximum atomic E-state index is 12.6. The molecule has 0 aliphatic carbocycles. The molecule has 0 bridgehead atoms. The molecule has 0 aliphatic rings. The molecule has 0 N–H and O–H groups in total. The van der Waals surface area contributed by atoms with E-state index in [0.717, 1.165) is 0 Å². The molecule has 1 heterocycles. The van der Waals surface area contributed by atoms with Crippen LogP contribution in [0.5, 0.6) is 0 Å². The molecule has 0 fully saturated rings. The normalized spacial score (nSPS) is 10.3. The van der Waals surface area contributed by atoms with Crippen LogP contribution in [0.1, 0.15) is 5.69 Å². The van der Waals surface area contributed by atoms with E-state index in [4.69, 9.17) is 11.6 Å². The lowest BCUT2D eigenvalue weighted by Crippen LogP contribution is -1.98. The van der Waals surface area contributed by atoms with Gasteiger partial charge < -0.3 is 0 Å². The summed E-state index contributed by atoms with van der Waals surface area (Å²) in [6.45, 7) is 1.20. The summed E-state index contributed by atoms with van der Waals surface area (Å²) < 4.78 is 37.2. The van der Waals surface area contributed by atoms with Crippen molar-refractivity contribution in [2.75, 3.05) is 0 Å². The zero-order valence-corrected chi connectivity index (χ0v) is 6.22. The van der Waals surface area contributed by atoms with Crippen molar-refractivity contribution in [2.45, 2.75) is 6.92 Å². The van der Waals surface area contributed by atoms with E-state index >= 15 is 0 Å². The van der Waals surface area contributed by atoms with Crippen LogP contribution >= 0.6 is 11.6 Å². The summed E-state index contributed by atoms with van der Waals surface area (Å²) in [5.74, 6) is -3.85. The molecule has 60 valence electrons. The zero-order chi connectivity index (χ0) is 8.59. The fourth-order valence-corrected chi connectivity index (χ4v) is 0.806. The van der Waals surface area contributed by atoms with E-state index in [0.29, 0.717) is 0 Å². The number of pyridine rings is 1. The molecule has 0 amide bonds. The molecule has 0 aliphatic heterocycles. The minimum atomic E-state index is -1.45. The molecule has 0 aromatic carbocycles. The molecule has 0 saturated heterocycles. The highest BCUT2D eigenvalue weighted by molar-refractivity contribution is 6.30. The number of rotatable bonds is 0. The van der Waals surface area contributed by atoms with Gasteiger partial charge in [0.05, 0.1) is 5.69 Å². The monoisotopic (exact) mass is 181 g/mol. The Balaban J connectivity index is 3.46. The first-order valence-electron chi connectivity index (χ1n) is 2.70. The summed E-state index contributed by atoms with van der Waals surface area (Å²) in [7, 11) is 0. The number of halogens is 4. The summed E-state index contributed by atoms with van der Waals surface area (Å²) in [5, 5.41) is -0.852. The van der Waals surface area contributed by atoms with Crippen molar-refractivity contribution in [2.24, 2.45) is 0 Å². The lowest BCUT2D eigenvalue weighted by molar-refractivity contribution is 0.460. The third kappa shape index (κ3) is 1.30. The first-order valence-corrected chi connectivity index (χ1v) is 3.08. The molecule has 5 heteroatoms. The smallest absolute Gasteiger partial charge is 0.219 e. The van der Waals surface area contributed by atoms with Gasteiger partial charge in [-0.15, -0.1) is 0 Å². The van der Waals surface area contributed by atoms with Gasteiger partial charge in [0, 0.05) is 0 Å². The van der Waals surface area contributed by atoms with E-state index < -0.39 is 22.6 Å². The first-order chi connectivity index (χ1) is 5.04. The first kappa shape index (κ1) is 8.33. The Hall–Kier alpha value is -0.770. The van der Waals surface area contributed by atoms with Gasteiger partial charge in [0.1, 0.15) is 5.02 Å². The van der Waals surface area contributed by atoms with E-state index in [-0.39, 0.29) is 5.69 Å². The van der Waals surface area contributed by atoms with Gasteiger partial charge in [-0.1, -0.05) is 11.6 Å². The van der Waals surface area contributed by atoms with Crippen molar-refractivity contribution < 1.29 is 13.2 Å². The van der Waals surface area contributed by atoms with Crippen LogP contribution in [-0.4, -0.2) is 4.98 Å². The van der Waals surface area contributed by atoms with Crippen LogP contribution < -0.4 is 0 Å². The minimum absolute atomic E-state index is 0.256. The number of aryl methyl sites for hydroxylation is 1. The fraction of sp³-hybridized carbons (Fsp3) is 0.167. The second kappa shape index (κ2) is 2.70. The number of aromatic nitrogens is 1. The SMILES string of the molecule is Cc1nc(F)c(F)c(Cl)c1F. The van der Waals surface area contributed by atoms with Crippen LogP contribution in [0.4, 0.5) is 13.2 Å². The van der Waals surface area contributed by atoms with Crippen LogP contribution in [-0.2, 0) is 0 Å². The fourth-order valence-electron chi connectivity index (χ4n) is 0.591. The molecule has 1 aromatic heterocycles. The Bertz CT molecular complexity index is 274. The summed E-state index contributed by atoms with van der Waals surface area (Å²) in [6, 6.07) is 0. The topological polar surface area (TPSA) is 12.9 Å². The third-order valence-corrected chi connectivity index (χ3v) is 1.48. The Morgan fingerprint density at radius 3 is 2.27 bits per heavy atom. The second-order valence-corrected chi connectivity index (χ2v) is 2.31. The molecule has 1 aromatic rings. The second-order valence-electron chi connectivity index (χ2n) is 1.93. The van der Waals surface area contributed by atoms with Gasteiger partial charge in [-0.05, 0) is 6.92 Å². The van der Waals surface area contributed by atoms with Crippen molar-refractivity contribution in [1.29, 1.82) is 0 Å². The summed E-state index contributed by atoms with van der Waals surface area (Å²) in [5.41, 5.74) is -0.256. The van der Waals surface area contributed by atoms with Gasteiger partial charge in [-0.2, -0.15) is 4.39 Å². The Labute approximate surface area is 65.8 Å². The maximum Gasteiger partial charge on any atom is 0.250 e. The standard InChI is InChI=1S/C6H3ClF3N/c1-2-4(8)3(7)5(9)6(10)11-2/h1H3. The predicted molar refractivity (Wildman–Crippen MR) is 33.9 cm³/mol. The van der Waals surface area contributed by atoms with Crippen LogP contribution in [0.25, 0.3) is 0 Å². The van der Waals surface area contributed by atoms with E-state index in [1.54, 1.807) is 0 Å². The van der Waals surface area contributed by atoms with Crippen molar-refractivity contribution in [3.8, 4) is 0 Å². The molecule has 1 rings (SSSR count). The number of nitrogens with zero attached hydrogens (tertiary/aromatic N) is 1. The predicted octanol–water partition coefficient (Wildman–Crippen LogP) is 2.46. The van der Waals surface area contributed by atoms with Crippen LogP contribution in [0, 0.1) is 24.5 Å². The van der Waals surface area contributed by atoms with Crippen molar-refractivity contribution >= 4 is 11.6 Å². The summed E-state index contributed by atoms with van der Waals surface area (Å²) in [6.07, 6.45) is 0. The molecule has 1 nitrogen and oxygen atoms in total. The molecule has 0 saturated carbocycles. The number of hydrogen-bond acceptors (Lipinski definition) is 1. The highest BCUT2D eigenvalue weighted by Crippen LogP contribution is 2.21. The Morgan fingerprint density at radius 2 is 1.73 bits per heavy atom. The summed E-state index contributed by atoms with van der Waals surface area (Å²) in [4.78, 5) is 2.93. The molecule has 0 unspecified atom stereocenters. The molecule has 0 radical (unpaired) electrons. The van der Waals surface area contributed by atoms with Crippen molar-refractivity contribution in [1.82, 2.24) is 4.98 Å². The Kier molecular flexibility index (Phi) is 2.04. The molecular formula is C6H3ClF3N. The minimum Gasteiger partial charge on any atom is -0.219 e. The van der Waals surface area contributed by atoms with Gasteiger partial charge in [-0.25, -0.2) is 13.8 Å². The molecule has 0 atom stereocenters. The highest BCUT2D eigenvalue weighted by atomic mass is 35.5. The zero-order valence-electron chi connectivity index (χ0n) is 5.46. The molecule has 11 heavy (non-hydrogen) atoms. The van der Waals surface area contributed by atoms with Crippen molar-refractivity contribution in [3.63, 3.8) is 0 Å². The van der Waals surface area contributed by atoms with Gasteiger partial charge in [0.15, 0.2) is 11.6 Å².